The maximum atomic E-state index is 13.5. The van der Waals surface area contributed by atoms with Crippen molar-refractivity contribution in [1.29, 1.82) is 0 Å². The fourth-order valence-electron chi connectivity index (χ4n) is 4.67. The molecule has 1 N–H and O–H groups in total. The van der Waals surface area contributed by atoms with Gasteiger partial charge in [0.1, 0.15) is 11.4 Å². The summed E-state index contributed by atoms with van der Waals surface area (Å²) in [6, 6.07) is 7.43. The average molecular weight is 443 g/mol. The number of nitrogens with zero attached hydrogens (tertiary/aromatic N) is 2. The number of aliphatic hydroxyl groups excluding tert-OH is 1. The standard InChI is InChI=1S/C25H34N2O5/c1-17(2)16-32-20-9-7-19(8-10-20)22-23(26-11-3-5-18(13-26)15-28)25(30)27(24(22)29)14-21-6-4-12-31-21/h7-10,17-18,21,28H,3-6,11-16H2,1-2H3. The zero-order valence-electron chi connectivity index (χ0n) is 19.1. The van der Waals surface area contributed by atoms with Crippen LogP contribution in [-0.2, 0) is 14.3 Å². The lowest BCUT2D eigenvalue weighted by Crippen LogP contribution is -2.42. The number of hydrogen-bond acceptors (Lipinski definition) is 6. The van der Waals surface area contributed by atoms with Gasteiger partial charge in [-0.3, -0.25) is 14.5 Å². The number of aliphatic hydroxyl groups is 1. The second-order valence-corrected chi connectivity index (χ2v) is 9.45. The Hall–Kier alpha value is -2.38. The molecule has 2 saturated heterocycles. The Balaban J connectivity index is 1.64. The third-order valence-corrected chi connectivity index (χ3v) is 6.37. The highest BCUT2D eigenvalue weighted by molar-refractivity contribution is 6.35. The molecule has 32 heavy (non-hydrogen) atoms. The first-order chi connectivity index (χ1) is 15.5. The van der Waals surface area contributed by atoms with E-state index in [0.717, 1.165) is 37.0 Å². The number of rotatable bonds is 8. The Morgan fingerprint density at radius 1 is 1.12 bits per heavy atom. The summed E-state index contributed by atoms with van der Waals surface area (Å²) in [6.07, 6.45) is 3.54. The molecule has 0 spiro atoms. The van der Waals surface area contributed by atoms with Crippen LogP contribution in [0, 0.1) is 11.8 Å². The molecule has 0 saturated carbocycles. The van der Waals surface area contributed by atoms with Gasteiger partial charge < -0.3 is 19.5 Å². The van der Waals surface area contributed by atoms with Crippen molar-refractivity contribution in [3.8, 4) is 5.75 Å². The van der Waals surface area contributed by atoms with Gasteiger partial charge in [0.25, 0.3) is 11.8 Å². The Morgan fingerprint density at radius 2 is 1.91 bits per heavy atom. The molecule has 3 aliphatic rings. The molecule has 1 aromatic rings. The Labute approximate surface area is 190 Å². The minimum Gasteiger partial charge on any atom is -0.493 e. The maximum absolute atomic E-state index is 13.5. The molecule has 0 bridgehead atoms. The van der Waals surface area contributed by atoms with Gasteiger partial charge in [0.2, 0.25) is 0 Å². The van der Waals surface area contributed by atoms with Crippen LogP contribution in [0.4, 0.5) is 0 Å². The van der Waals surface area contributed by atoms with E-state index in [-0.39, 0.29) is 37.0 Å². The number of amides is 2. The van der Waals surface area contributed by atoms with Crippen molar-refractivity contribution in [3.63, 3.8) is 0 Å². The Morgan fingerprint density at radius 3 is 2.56 bits per heavy atom. The zero-order valence-corrected chi connectivity index (χ0v) is 19.1. The highest BCUT2D eigenvalue weighted by atomic mass is 16.5. The molecular weight excluding hydrogens is 408 g/mol. The third kappa shape index (κ3) is 4.84. The zero-order chi connectivity index (χ0) is 22.7. The largest absolute Gasteiger partial charge is 0.493 e. The molecule has 3 aliphatic heterocycles. The molecule has 2 amide bonds. The predicted octanol–water partition coefficient (Wildman–Crippen LogP) is 2.68. The van der Waals surface area contributed by atoms with Crippen LogP contribution in [0.25, 0.3) is 5.57 Å². The molecule has 0 radical (unpaired) electrons. The lowest BCUT2D eigenvalue weighted by Gasteiger charge is -2.34. The molecule has 174 valence electrons. The van der Waals surface area contributed by atoms with Crippen LogP contribution in [0.1, 0.15) is 45.1 Å². The van der Waals surface area contributed by atoms with E-state index in [1.807, 2.05) is 29.2 Å². The molecule has 2 unspecified atom stereocenters. The number of hydrogen-bond donors (Lipinski definition) is 1. The number of imide groups is 1. The minimum absolute atomic E-state index is 0.0861. The predicted molar refractivity (Wildman–Crippen MR) is 121 cm³/mol. The molecule has 2 fully saturated rings. The van der Waals surface area contributed by atoms with Crippen molar-refractivity contribution in [3.05, 3.63) is 35.5 Å². The van der Waals surface area contributed by atoms with Crippen molar-refractivity contribution in [1.82, 2.24) is 9.80 Å². The monoisotopic (exact) mass is 442 g/mol. The molecule has 7 nitrogen and oxygen atoms in total. The summed E-state index contributed by atoms with van der Waals surface area (Å²) in [4.78, 5) is 30.3. The summed E-state index contributed by atoms with van der Waals surface area (Å²) < 4.78 is 11.5. The minimum atomic E-state index is -0.262. The first kappa shape index (κ1) is 22.8. The van der Waals surface area contributed by atoms with E-state index in [1.165, 1.54) is 4.90 Å². The molecule has 7 heteroatoms. The second-order valence-electron chi connectivity index (χ2n) is 9.45. The van der Waals surface area contributed by atoms with Gasteiger partial charge >= 0.3 is 0 Å². The number of ether oxygens (including phenoxy) is 2. The quantitative estimate of drug-likeness (QED) is 0.624. The first-order valence-electron chi connectivity index (χ1n) is 11.8. The van der Waals surface area contributed by atoms with Crippen LogP contribution in [0.3, 0.4) is 0 Å². The molecule has 0 aromatic heterocycles. The summed E-state index contributed by atoms with van der Waals surface area (Å²) in [6.45, 7) is 7.15. The van der Waals surface area contributed by atoms with Crippen LogP contribution >= 0.6 is 0 Å². The Bertz CT molecular complexity index is 858. The van der Waals surface area contributed by atoms with Crippen molar-refractivity contribution >= 4 is 17.4 Å². The number of benzene rings is 1. The number of carbonyl (C=O) groups is 2. The van der Waals surface area contributed by atoms with Crippen LogP contribution in [0.5, 0.6) is 5.75 Å². The summed E-state index contributed by atoms with van der Waals surface area (Å²) in [5.74, 6) is 0.764. The van der Waals surface area contributed by atoms with E-state index in [0.29, 0.717) is 43.5 Å². The van der Waals surface area contributed by atoms with Gasteiger partial charge in [-0.25, -0.2) is 0 Å². The van der Waals surface area contributed by atoms with Crippen molar-refractivity contribution in [2.75, 3.05) is 39.5 Å². The van der Waals surface area contributed by atoms with Gasteiger partial charge in [0, 0.05) is 26.3 Å². The van der Waals surface area contributed by atoms with Gasteiger partial charge in [-0.15, -0.1) is 0 Å². The van der Waals surface area contributed by atoms with E-state index >= 15 is 0 Å². The lowest BCUT2D eigenvalue weighted by atomic mass is 9.97. The van der Waals surface area contributed by atoms with Crippen LogP contribution in [0.2, 0.25) is 0 Å². The first-order valence-corrected chi connectivity index (χ1v) is 11.8. The van der Waals surface area contributed by atoms with E-state index in [4.69, 9.17) is 9.47 Å². The van der Waals surface area contributed by atoms with Gasteiger partial charge in [-0.1, -0.05) is 26.0 Å². The summed E-state index contributed by atoms with van der Waals surface area (Å²) in [5.41, 5.74) is 1.63. The number of piperidine rings is 1. The van der Waals surface area contributed by atoms with E-state index in [9.17, 15) is 14.7 Å². The van der Waals surface area contributed by atoms with E-state index in [2.05, 4.69) is 13.8 Å². The lowest BCUT2D eigenvalue weighted by molar-refractivity contribution is -0.139. The molecular formula is C25H34N2O5. The topological polar surface area (TPSA) is 79.3 Å². The van der Waals surface area contributed by atoms with Crippen LogP contribution in [0.15, 0.2) is 30.0 Å². The van der Waals surface area contributed by atoms with E-state index in [1.54, 1.807) is 0 Å². The van der Waals surface area contributed by atoms with Crippen molar-refractivity contribution < 1.29 is 24.2 Å². The van der Waals surface area contributed by atoms with Gasteiger partial charge in [-0.05, 0) is 55.2 Å². The van der Waals surface area contributed by atoms with Gasteiger partial charge in [-0.2, -0.15) is 0 Å². The third-order valence-electron chi connectivity index (χ3n) is 6.37. The van der Waals surface area contributed by atoms with Crippen LogP contribution < -0.4 is 4.74 Å². The summed E-state index contributed by atoms with van der Waals surface area (Å²) >= 11 is 0. The fraction of sp³-hybridized carbons (Fsp3) is 0.600. The highest BCUT2D eigenvalue weighted by Gasteiger charge is 2.43. The van der Waals surface area contributed by atoms with Crippen molar-refractivity contribution in [2.24, 2.45) is 11.8 Å². The molecule has 2 atom stereocenters. The molecule has 3 heterocycles. The van der Waals surface area contributed by atoms with Gasteiger partial charge in [0.15, 0.2) is 0 Å². The molecule has 4 rings (SSSR count). The fourth-order valence-corrected chi connectivity index (χ4v) is 4.67. The average Bonchev–Trinajstić information content (AvgIpc) is 3.40. The molecule has 1 aromatic carbocycles. The summed E-state index contributed by atoms with van der Waals surface area (Å²) in [7, 11) is 0. The Kier molecular flexibility index (Phi) is 7.16. The SMILES string of the molecule is CC(C)COc1ccc(C2=C(N3CCCC(CO)C3)C(=O)N(CC3CCCO3)C2=O)cc1. The smallest absolute Gasteiger partial charge is 0.277 e. The van der Waals surface area contributed by atoms with Crippen LogP contribution in [-0.4, -0.2) is 72.3 Å². The number of carbonyl (C=O) groups excluding carboxylic acids is 2. The van der Waals surface area contributed by atoms with E-state index < -0.39 is 0 Å². The van der Waals surface area contributed by atoms with Gasteiger partial charge in [0.05, 0.1) is 24.8 Å². The maximum Gasteiger partial charge on any atom is 0.277 e. The normalized spacial score (nSPS) is 24.2. The summed E-state index contributed by atoms with van der Waals surface area (Å²) in [5, 5.41) is 9.68. The van der Waals surface area contributed by atoms with Crippen molar-refractivity contribution in [2.45, 2.75) is 45.6 Å². The molecule has 0 aliphatic carbocycles. The highest BCUT2D eigenvalue weighted by Crippen LogP contribution is 2.35. The number of likely N-dealkylation sites (tertiary alicyclic amines) is 1. The second kappa shape index (κ2) is 10.0.